The van der Waals surface area contributed by atoms with Crippen molar-refractivity contribution in [3.8, 4) is 0 Å². The van der Waals surface area contributed by atoms with Crippen molar-refractivity contribution in [2.24, 2.45) is 0 Å². The molecule has 0 aromatic rings. The van der Waals surface area contributed by atoms with Crippen molar-refractivity contribution >= 4 is 6.09 Å². The molecule has 2 N–H and O–H groups in total. The lowest BCUT2D eigenvalue weighted by molar-refractivity contribution is 0.0489. The molecule has 1 aliphatic carbocycles. The predicted molar refractivity (Wildman–Crippen MR) is 87.6 cm³/mol. The lowest BCUT2D eigenvalue weighted by Crippen LogP contribution is -2.50. The van der Waals surface area contributed by atoms with Gasteiger partial charge >= 0.3 is 6.09 Å². The van der Waals surface area contributed by atoms with Crippen LogP contribution in [0.1, 0.15) is 79.1 Å². The maximum atomic E-state index is 12.0. The van der Waals surface area contributed by atoms with Crippen molar-refractivity contribution in [1.82, 2.24) is 10.6 Å². The van der Waals surface area contributed by atoms with Crippen LogP contribution in [0, 0.1) is 0 Å². The number of hydrogen-bond acceptors (Lipinski definition) is 3. The number of rotatable bonds is 6. The van der Waals surface area contributed by atoms with Crippen LogP contribution in [0.2, 0.25) is 0 Å². The van der Waals surface area contributed by atoms with Gasteiger partial charge in [-0.3, -0.25) is 0 Å². The molecule has 4 nitrogen and oxygen atoms in total. The number of unbranched alkanes of at least 4 members (excludes halogenated alkanes) is 2. The first-order valence-electron chi connectivity index (χ1n) is 8.65. The Labute approximate surface area is 130 Å². The fraction of sp³-hybridized carbons (Fsp3) is 0.941. The zero-order valence-corrected chi connectivity index (χ0v) is 14.3. The fourth-order valence-corrected chi connectivity index (χ4v) is 2.85. The van der Waals surface area contributed by atoms with E-state index in [2.05, 4.69) is 17.6 Å². The second-order valence-electron chi connectivity index (χ2n) is 7.16. The molecule has 0 spiro atoms. The Balaban J connectivity index is 2.46. The summed E-state index contributed by atoms with van der Waals surface area (Å²) in [5.74, 6) is 0. The van der Waals surface area contributed by atoms with Crippen LogP contribution in [0.3, 0.4) is 0 Å². The molecule has 124 valence electrons. The molecule has 1 saturated carbocycles. The van der Waals surface area contributed by atoms with Gasteiger partial charge in [0.05, 0.1) is 0 Å². The van der Waals surface area contributed by atoms with Gasteiger partial charge in [0.25, 0.3) is 0 Å². The van der Waals surface area contributed by atoms with Crippen LogP contribution in [0.15, 0.2) is 0 Å². The first-order chi connectivity index (χ1) is 9.92. The van der Waals surface area contributed by atoms with Gasteiger partial charge in [-0.15, -0.1) is 0 Å². The molecular formula is C17H34N2O2. The van der Waals surface area contributed by atoms with Crippen molar-refractivity contribution in [3.63, 3.8) is 0 Å². The van der Waals surface area contributed by atoms with Crippen LogP contribution in [-0.2, 0) is 4.74 Å². The molecule has 1 rings (SSSR count). The van der Waals surface area contributed by atoms with Gasteiger partial charge in [0.15, 0.2) is 0 Å². The van der Waals surface area contributed by atoms with E-state index in [0.717, 1.165) is 19.4 Å². The number of amides is 1. The van der Waals surface area contributed by atoms with E-state index in [1.807, 2.05) is 20.8 Å². The van der Waals surface area contributed by atoms with E-state index >= 15 is 0 Å². The Morgan fingerprint density at radius 1 is 1.10 bits per heavy atom. The molecule has 21 heavy (non-hydrogen) atoms. The largest absolute Gasteiger partial charge is 0.444 e. The molecule has 0 aliphatic heterocycles. The molecular weight excluding hydrogens is 264 g/mol. The summed E-state index contributed by atoms with van der Waals surface area (Å²) >= 11 is 0. The molecule has 0 aromatic carbocycles. The summed E-state index contributed by atoms with van der Waals surface area (Å²) in [5, 5.41) is 6.73. The smallest absolute Gasteiger partial charge is 0.407 e. The monoisotopic (exact) mass is 298 g/mol. The van der Waals surface area contributed by atoms with Gasteiger partial charge in [-0.05, 0) is 46.6 Å². The lowest BCUT2D eigenvalue weighted by Gasteiger charge is -2.29. The van der Waals surface area contributed by atoms with E-state index < -0.39 is 5.60 Å². The molecule has 2 unspecified atom stereocenters. The van der Waals surface area contributed by atoms with Crippen molar-refractivity contribution in [2.75, 3.05) is 6.54 Å². The number of carbonyl (C=O) groups excluding carboxylic acids is 1. The third kappa shape index (κ3) is 8.30. The highest BCUT2D eigenvalue weighted by Crippen LogP contribution is 2.19. The summed E-state index contributed by atoms with van der Waals surface area (Å²) in [4.78, 5) is 12.0. The van der Waals surface area contributed by atoms with E-state index in [1.165, 1.54) is 38.5 Å². The summed E-state index contributed by atoms with van der Waals surface area (Å²) in [6, 6.07) is 0.584. The quantitative estimate of drug-likeness (QED) is 0.576. The van der Waals surface area contributed by atoms with E-state index in [4.69, 9.17) is 4.74 Å². The minimum atomic E-state index is -0.432. The van der Waals surface area contributed by atoms with Gasteiger partial charge in [0.1, 0.15) is 5.60 Å². The van der Waals surface area contributed by atoms with E-state index in [1.54, 1.807) is 0 Å². The Kier molecular flexibility index (Phi) is 8.09. The summed E-state index contributed by atoms with van der Waals surface area (Å²) < 4.78 is 5.39. The molecule has 1 fully saturated rings. The highest BCUT2D eigenvalue weighted by atomic mass is 16.6. The summed E-state index contributed by atoms with van der Waals surface area (Å²) in [7, 11) is 0. The average Bonchev–Trinajstić information content (AvgIpc) is 2.58. The van der Waals surface area contributed by atoms with Gasteiger partial charge in [-0.1, -0.05) is 39.0 Å². The summed E-state index contributed by atoms with van der Waals surface area (Å²) in [5.41, 5.74) is -0.432. The number of nitrogens with one attached hydrogen (secondary N) is 2. The Morgan fingerprint density at radius 3 is 2.38 bits per heavy atom. The maximum absolute atomic E-state index is 12.0. The maximum Gasteiger partial charge on any atom is 0.407 e. The fourth-order valence-electron chi connectivity index (χ4n) is 2.85. The zero-order chi connectivity index (χ0) is 15.7. The SMILES string of the molecule is CCCCCNC1CCCCCC1NC(=O)OC(C)(C)C. The average molecular weight is 298 g/mol. The van der Waals surface area contributed by atoms with Crippen molar-refractivity contribution in [3.05, 3.63) is 0 Å². The first-order valence-corrected chi connectivity index (χ1v) is 8.65. The van der Waals surface area contributed by atoms with Crippen LogP contribution in [0.4, 0.5) is 4.79 Å². The zero-order valence-electron chi connectivity index (χ0n) is 14.3. The minimum absolute atomic E-state index is 0.198. The molecule has 0 bridgehead atoms. The van der Waals surface area contributed by atoms with Crippen LogP contribution in [-0.4, -0.2) is 30.3 Å². The molecule has 1 amide bonds. The molecule has 0 saturated heterocycles. The number of alkyl carbamates (subject to hydrolysis) is 1. The second-order valence-corrected chi connectivity index (χ2v) is 7.16. The van der Waals surface area contributed by atoms with Crippen LogP contribution in [0.5, 0.6) is 0 Å². The molecule has 0 aromatic heterocycles. The third-order valence-electron chi connectivity index (χ3n) is 3.90. The van der Waals surface area contributed by atoms with Gasteiger partial charge < -0.3 is 15.4 Å². The van der Waals surface area contributed by atoms with Crippen LogP contribution in [0.25, 0.3) is 0 Å². The predicted octanol–water partition coefficient (Wildman–Crippen LogP) is 3.99. The lowest BCUT2D eigenvalue weighted by atomic mass is 10.0. The van der Waals surface area contributed by atoms with Crippen LogP contribution < -0.4 is 10.6 Å². The Hall–Kier alpha value is -0.770. The number of hydrogen-bond donors (Lipinski definition) is 2. The molecule has 4 heteroatoms. The summed E-state index contributed by atoms with van der Waals surface area (Å²) in [6.45, 7) is 8.98. The molecule has 2 atom stereocenters. The van der Waals surface area contributed by atoms with E-state index in [-0.39, 0.29) is 12.1 Å². The Morgan fingerprint density at radius 2 is 1.76 bits per heavy atom. The van der Waals surface area contributed by atoms with Gasteiger partial charge in [0.2, 0.25) is 0 Å². The molecule has 0 radical (unpaired) electrons. The number of carbonyl (C=O) groups is 1. The van der Waals surface area contributed by atoms with E-state index in [0.29, 0.717) is 6.04 Å². The molecule has 0 heterocycles. The third-order valence-corrected chi connectivity index (χ3v) is 3.90. The Bertz CT molecular complexity index is 300. The standard InChI is InChI=1S/C17H34N2O2/c1-5-6-10-13-18-14-11-8-7-9-12-15(14)19-16(20)21-17(2,3)4/h14-15,18H,5-13H2,1-4H3,(H,19,20). The molecule has 1 aliphatic rings. The van der Waals surface area contributed by atoms with Crippen LogP contribution >= 0.6 is 0 Å². The topological polar surface area (TPSA) is 50.4 Å². The minimum Gasteiger partial charge on any atom is -0.444 e. The van der Waals surface area contributed by atoms with Gasteiger partial charge in [-0.2, -0.15) is 0 Å². The highest BCUT2D eigenvalue weighted by molar-refractivity contribution is 5.68. The highest BCUT2D eigenvalue weighted by Gasteiger charge is 2.26. The van der Waals surface area contributed by atoms with Crippen molar-refractivity contribution in [2.45, 2.75) is 96.7 Å². The summed E-state index contributed by atoms with van der Waals surface area (Å²) in [6.07, 6.45) is 9.33. The van der Waals surface area contributed by atoms with Gasteiger partial charge in [-0.25, -0.2) is 4.79 Å². The number of ether oxygens (including phenoxy) is 1. The van der Waals surface area contributed by atoms with Crippen molar-refractivity contribution in [1.29, 1.82) is 0 Å². The van der Waals surface area contributed by atoms with Gasteiger partial charge in [0, 0.05) is 12.1 Å². The second kappa shape index (κ2) is 9.29. The first kappa shape index (κ1) is 18.3. The van der Waals surface area contributed by atoms with Crippen molar-refractivity contribution < 1.29 is 9.53 Å². The normalized spacial score (nSPS) is 23.4. The van der Waals surface area contributed by atoms with E-state index in [9.17, 15) is 4.79 Å².